The maximum atomic E-state index is 14.3. The first kappa shape index (κ1) is 38.1. The second-order valence-electron chi connectivity index (χ2n) is 14.0. The summed E-state index contributed by atoms with van der Waals surface area (Å²) in [5, 5.41) is 12.9. The SMILES string of the molecule is C=CC(=O)NC[C@H](NC(=O)OC(C)(C)C)C(=O)N1C[C@H](N2NN=C(c3ccc(OC)cc3)N2)C[C@H]1C(=O)N[C@]1(C(=O)NS(=O)(=O)C2CC2)C[C@H]1C=C. The number of hydrazine groups is 2. The van der Waals surface area contributed by atoms with E-state index < -0.39 is 80.2 Å². The molecule has 18 nitrogen and oxygen atoms in total. The lowest BCUT2D eigenvalue weighted by atomic mass is 10.1. The first-order chi connectivity index (χ1) is 24.5. The van der Waals surface area contributed by atoms with Crippen LogP contribution in [-0.2, 0) is 33.9 Å². The lowest BCUT2D eigenvalue weighted by Crippen LogP contribution is -2.60. The molecule has 6 N–H and O–H groups in total. The molecule has 52 heavy (non-hydrogen) atoms. The van der Waals surface area contributed by atoms with Crippen molar-refractivity contribution in [1.29, 1.82) is 0 Å². The van der Waals surface area contributed by atoms with E-state index in [1.807, 2.05) is 0 Å². The molecule has 1 aromatic carbocycles. The zero-order valence-electron chi connectivity index (χ0n) is 29.4. The van der Waals surface area contributed by atoms with Crippen molar-refractivity contribution in [2.24, 2.45) is 11.0 Å². The Morgan fingerprint density at radius 2 is 1.83 bits per heavy atom. The topological polar surface area (TPSA) is 229 Å². The maximum Gasteiger partial charge on any atom is 0.408 e. The Labute approximate surface area is 301 Å². The number of amides is 5. The van der Waals surface area contributed by atoms with Crippen LogP contribution in [0.2, 0.25) is 0 Å². The van der Waals surface area contributed by atoms with Gasteiger partial charge in [-0.2, -0.15) is 0 Å². The highest BCUT2D eigenvalue weighted by Gasteiger charge is 2.62. The van der Waals surface area contributed by atoms with E-state index in [1.54, 1.807) is 52.1 Å². The summed E-state index contributed by atoms with van der Waals surface area (Å²) < 4.78 is 38.0. The number of nitrogens with one attached hydrogen (secondary N) is 6. The molecule has 2 heterocycles. The third kappa shape index (κ3) is 8.64. The third-order valence-electron chi connectivity index (χ3n) is 8.99. The van der Waals surface area contributed by atoms with Crippen LogP contribution in [0.1, 0.15) is 52.0 Å². The van der Waals surface area contributed by atoms with E-state index in [9.17, 15) is 32.4 Å². The summed E-state index contributed by atoms with van der Waals surface area (Å²) in [7, 11) is -2.38. The van der Waals surface area contributed by atoms with Crippen LogP contribution in [0, 0.1) is 5.92 Å². The van der Waals surface area contributed by atoms with Crippen LogP contribution in [0.4, 0.5) is 4.79 Å². The number of alkyl carbamates (subject to hydrolysis) is 1. The smallest absolute Gasteiger partial charge is 0.408 e. The average molecular weight is 744 g/mol. The summed E-state index contributed by atoms with van der Waals surface area (Å²) in [5.41, 5.74) is 4.21. The molecule has 0 aromatic heterocycles. The number of carbonyl (C=O) groups excluding carboxylic acids is 5. The summed E-state index contributed by atoms with van der Waals surface area (Å²) in [5.74, 6) is -2.43. The van der Waals surface area contributed by atoms with E-state index in [-0.39, 0.29) is 25.9 Å². The van der Waals surface area contributed by atoms with Gasteiger partial charge in [0.25, 0.3) is 5.91 Å². The van der Waals surface area contributed by atoms with Crippen molar-refractivity contribution in [3.8, 4) is 5.75 Å². The minimum Gasteiger partial charge on any atom is -0.497 e. The van der Waals surface area contributed by atoms with Crippen LogP contribution in [-0.4, -0.2) is 109 Å². The highest BCUT2D eigenvalue weighted by Crippen LogP contribution is 2.45. The molecule has 3 fully saturated rings. The predicted octanol–water partition coefficient (Wildman–Crippen LogP) is -0.484. The van der Waals surface area contributed by atoms with Crippen molar-refractivity contribution in [3.05, 3.63) is 55.1 Å². The van der Waals surface area contributed by atoms with E-state index in [2.05, 4.69) is 49.9 Å². The predicted molar refractivity (Wildman–Crippen MR) is 187 cm³/mol. The summed E-state index contributed by atoms with van der Waals surface area (Å²) in [6, 6.07) is 3.90. The Balaban J connectivity index is 1.39. The first-order valence-electron chi connectivity index (χ1n) is 16.7. The van der Waals surface area contributed by atoms with Gasteiger partial charge in [-0.1, -0.05) is 12.7 Å². The molecule has 2 aliphatic heterocycles. The average Bonchev–Trinajstić information content (AvgIpc) is 3.97. The highest BCUT2D eigenvalue weighted by molar-refractivity contribution is 7.91. The number of methoxy groups -OCH3 is 1. The van der Waals surface area contributed by atoms with E-state index in [4.69, 9.17) is 9.47 Å². The number of likely N-dealkylation sites (tertiary alicyclic amines) is 1. The second-order valence-corrected chi connectivity index (χ2v) is 16.0. The van der Waals surface area contributed by atoms with Crippen LogP contribution >= 0.6 is 0 Å². The number of carbonyl (C=O) groups is 5. The summed E-state index contributed by atoms with van der Waals surface area (Å²) in [6.07, 6.45) is 2.50. The van der Waals surface area contributed by atoms with Crippen molar-refractivity contribution in [2.45, 2.75) is 81.0 Å². The fraction of sp³-hybridized carbons (Fsp3) is 0.515. The minimum absolute atomic E-state index is 0.0119. The lowest BCUT2D eigenvalue weighted by Gasteiger charge is -2.30. The molecule has 5 rings (SSSR count). The van der Waals surface area contributed by atoms with Crippen molar-refractivity contribution in [1.82, 2.24) is 41.7 Å². The van der Waals surface area contributed by atoms with Gasteiger partial charge in [0.05, 0.1) is 18.4 Å². The molecule has 0 unspecified atom stereocenters. The molecule has 282 valence electrons. The Kier molecular flexibility index (Phi) is 10.9. The number of rotatable bonds is 14. The van der Waals surface area contributed by atoms with Crippen molar-refractivity contribution in [3.63, 3.8) is 0 Å². The monoisotopic (exact) mass is 743 g/mol. The number of sulfonamides is 1. The summed E-state index contributed by atoms with van der Waals surface area (Å²) >= 11 is 0. The number of hydrazone groups is 1. The van der Waals surface area contributed by atoms with Gasteiger partial charge < -0.3 is 30.3 Å². The number of hydrogen-bond acceptors (Lipinski definition) is 13. The van der Waals surface area contributed by atoms with E-state index >= 15 is 0 Å². The van der Waals surface area contributed by atoms with Crippen LogP contribution in [0.15, 0.2) is 54.7 Å². The highest BCUT2D eigenvalue weighted by atomic mass is 32.2. The minimum atomic E-state index is -3.93. The zero-order valence-corrected chi connectivity index (χ0v) is 30.2. The van der Waals surface area contributed by atoms with Gasteiger partial charge in [-0.05, 0) is 76.8 Å². The van der Waals surface area contributed by atoms with E-state index in [0.717, 1.165) is 6.08 Å². The molecule has 0 spiro atoms. The Hall–Kier alpha value is -5.17. The number of hydrogen-bond donors (Lipinski definition) is 6. The van der Waals surface area contributed by atoms with Crippen molar-refractivity contribution < 1.29 is 41.9 Å². The van der Waals surface area contributed by atoms with Gasteiger partial charge in [-0.3, -0.25) is 29.3 Å². The summed E-state index contributed by atoms with van der Waals surface area (Å²) in [4.78, 5) is 68.1. The second kappa shape index (κ2) is 14.8. The van der Waals surface area contributed by atoms with Gasteiger partial charge in [0.2, 0.25) is 27.7 Å². The number of benzene rings is 1. The molecule has 2 aliphatic carbocycles. The van der Waals surface area contributed by atoms with Gasteiger partial charge in [0.1, 0.15) is 29.0 Å². The van der Waals surface area contributed by atoms with E-state index in [1.165, 1.54) is 16.1 Å². The largest absolute Gasteiger partial charge is 0.497 e. The molecule has 0 bridgehead atoms. The van der Waals surface area contributed by atoms with Gasteiger partial charge in [-0.25, -0.2) is 18.7 Å². The van der Waals surface area contributed by atoms with Crippen LogP contribution in [0.25, 0.3) is 0 Å². The molecule has 5 atom stereocenters. The first-order valence-corrected chi connectivity index (χ1v) is 18.3. The maximum absolute atomic E-state index is 14.3. The standard InChI is InChI=1S/C33H45N9O9S/c1-7-20-16-33(20,30(46)39-52(48,49)23-13-14-23)36-28(44)25-15-21(42-38-27(37-40-42)19-9-11-22(50-6)12-10-19)18-41(25)29(45)24(17-34-26(43)8-2)35-31(47)51-32(3,4)5/h7-12,20-21,23-25,40H,1-2,13-18H2,3-6H3,(H,34,43)(H,35,47)(H,36,44)(H,37,38)(H,39,46)/t20-,21-,24+,25+,33-/m1/s1. The van der Waals surface area contributed by atoms with Crippen LogP contribution < -0.4 is 36.4 Å². The van der Waals surface area contributed by atoms with Crippen LogP contribution in [0.3, 0.4) is 0 Å². The van der Waals surface area contributed by atoms with Gasteiger partial charge in [0.15, 0.2) is 5.84 Å². The molecule has 1 saturated heterocycles. The van der Waals surface area contributed by atoms with Crippen molar-refractivity contribution in [2.75, 3.05) is 20.2 Å². The molecule has 5 amide bonds. The molecular weight excluding hydrogens is 698 g/mol. The third-order valence-corrected chi connectivity index (χ3v) is 10.8. The fourth-order valence-corrected chi connectivity index (χ4v) is 7.32. The quantitative estimate of drug-likeness (QED) is 0.105. The number of nitrogens with zero attached hydrogens (tertiary/aromatic N) is 3. The number of amidine groups is 1. The van der Waals surface area contributed by atoms with Gasteiger partial charge in [0, 0.05) is 24.6 Å². The molecule has 1 aromatic rings. The zero-order chi connectivity index (χ0) is 38.0. The Morgan fingerprint density at radius 1 is 1.13 bits per heavy atom. The van der Waals surface area contributed by atoms with Crippen molar-refractivity contribution >= 4 is 45.6 Å². The Morgan fingerprint density at radius 3 is 2.40 bits per heavy atom. The molecule has 0 radical (unpaired) electrons. The number of ether oxygens (including phenoxy) is 2. The summed E-state index contributed by atoms with van der Waals surface area (Å²) in [6.45, 7) is 11.6. The van der Waals surface area contributed by atoms with Gasteiger partial charge >= 0.3 is 6.09 Å². The fourth-order valence-electron chi connectivity index (χ4n) is 5.96. The molecule has 19 heteroatoms. The van der Waals surface area contributed by atoms with Crippen LogP contribution in [0.5, 0.6) is 5.75 Å². The lowest BCUT2D eigenvalue weighted by molar-refractivity contribution is -0.141. The molecular formula is C33H45N9O9S. The molecule has 2 saturated carbocycles. The normalized spacial score (nSPS) is 24.6. The Bertz CT molecular complexity index is 1760. The molecule has 4 aliphatic rings. The van der Waals surface area contributed by atoms with E-state index in [0.29, 0.717) is 30.0 Å². The van der Waals surface area contributed by atoms with Gasteiger partial charge in [-0.15, -0.1) is 16.8 Å².